The molecule has 1 aromatic carbocycles. The first kappa shape index (κ1) is 18.9. The minimum atomic E-state index is -0.944. The van der Waals surface area contributed by atoms with Crippen LogP contribution in [-0.2, 0) is 16.6 Å². The first-order chi connectivity index (χ1) is 13.5. The van der Waals surface area contributed by atoms with E-state index in [1.807, 2.05) is 12.1 Å². The molecule has 6 heteroatoms. The van der Waals surface area contributed by atoms with Crippen molar-refractivity contribution in [1.29, 1.82) is 0 Å². The molecule has 152 valence electrons. The Morgan fingerprint density at radius 3 is 2.93 bits per heavy atom. The van der Waals surface area contributed by atoms with Crippen molar-refractivity contribution in [1.82, 2.24) is 9.62 Å². The summed E-state index contributed by atoms with van der Waals surface area (Å²) in [6, 6.07) is 5.30. The van der Waals surface area contributed by atoms with E-state index in [1.165, 1.54) is 18.4 Å². The van der Waals surface area contributed by atoms with Crippen LogP contribution in [0.4, 0.5) is 0 Å². The summed E-state index contributed by atoms with van der Waals surface area (Å²) in [5.74, 6) is 2.08. The number of carbonyl (C=O) groups excluding carboxylic acids is 1. The summed E-state index contributed by atoms with van der Waals surface area (Å²) in [7, 11) is 0. The molecule has 0 spiro atoms. The van der Waals surface area contributed by atoms with Gasteiger partial charge in [0.25, 0.3) is 0 Å². The molecule has 0 radical (unpaired) electrons. The van der Waals surface area contributed by atoms with Gasteiger partial charge in [-0.1, -0.05) is 24.9 Å². The van der Waals surface area contributed by atoms with Crippen LogP contribution in [0.2, 0.25) is 0 Å². The minimum Gasteiger partial charge on any atom is -0.508 e. The van der Waals surface area contributed by atoms with Gasteiger partial charge in [-0.2, -0.15) is 0 Å². The molecule has 0 aromatic heterocycles. The highest BCUT2D eigenvalue weighted by molar-refractivity contribution is 7.97. The summed E-state index contributed by atoms with van der Waals surface area (Å²) in [5.41, 5.74) is 0.680. The second-order valence-corrected chi connectivity index (χ2v) is 10.3. The van der Waals surface area contributed by atoms with Crippen LogP contribution in [0.25, 0.3) is 0 Å². The van der Waals surface area contributed by atoms with Gasteiger partial charge in [-0.25, -0.2) is 0 Å². The van der Waals surface area contributed by atoms with Crippen molar-refractivity contribution in [3.8, 4) is 5.75 Å². The molecule has 3 N–H and O–H groups in total. The lowest BCUT2D eigenvalue weighted by atomic mass is 9.48. The highest BCUT2D eigenvalue weighted by Crippen LogP contribution is 2.58. The normalized spacial score (nSPS) is 37.4. The molecule has 2 saturated carbocycles. The first-order valence-electron chi connectivity index (χ1n) is 10.7. The lowest BCUT2D eigenvalue weighted by Gasteiger charge is -2.64. The number of aliphatic hydroxyl groups is 1. The van der Waals surface area contributed by atoms with Gasteiger partial charge in [0, 0.05) is 36.6 Å². The van der Waals surface area contributed by atoms with Crippen molar-refractivity contribution >= 4 is 17.7 Å². The van der Waals surface area contributed by atoms with Gasteiger partial charge in [0.05, 0.1) is 11.6 Å². The van der Waals surface area contributed by atoms with Crippen LogP contribution in [0.1, 0.15) is 50.2 Å². The third kappa shape index (κ3) is 2.76. The quantitative estimate of drug-likeness (QED) is 0.657. The number of hydrogen-bond donors (Lipinski definition) is 3. The van der Waals surface area contributed by atoms with E-state index in [2.05, 4.69) is 16.5 Å². The summed E-state index contributed by atoms with van der Waals surface area (Å²) in [6.45, 7) is 4.05. The summed E-state index contributed by atoms with van der Waals surface area (Å²) < 4.78 is 3.31. The van der Waals surface area contributed by atoms with Crippen molar-refractivity contribution in [2.24, 2.45) is 5.92 Å². The van der Waals surface area contributed by atoms with E-state index in [1.54, 1.807) is 18.0 Å². The van der Waals surface area contributed by atoms with E-state index < -0.39 is 11.0 Å². The number of nitrogens with zero attached hydrogens (tertiary/aromatic N) is 1. The number of phenolic OH excluding ortho intramolecular Hbond substituents is 1. The average molecular weight is 403 g/mol. The number of likely N-dealkylation sites (tertiary alicyclic amines) is 1. The molecule has 4 atom stereocenters. The second kappa shape index (κ2) is 6.73. The summed E-state index contributed by atoms with van der Waals surface area (Å²) >= 11 is 1.56. The molecule has 4 aliphatic rings. The molecule has 1 unspecified atom stereocenters. The largest absolute Gasteiger partial charge is 0.508 e. The third-order valence-corrected chi connectivity index (χ3v) is 8.35. The van der Waals surface area contributed by atoms with E-state index in [9.17, 15) is 15.0 Å². The van der Waals surface area contributed by atoms with Crippen LogP contribution < -0.4 is 4.72 Å². The molecule has 28 heavy (non-hydrogen) atoms. The average Bonchev–Trinajstić information content (AvgIpc) is 3.47. The molecule has 5 nitrogen and oxygen atoms in total. The van der Waals surface area contributed by atoms with Crippen molar-refractivity contribution < 1.29 is 15.0 Å². The number of phenols is 1. The molecular formula is C22H30N2O3S. The zero-order valence-corrected chi connectivity index (χ0v) is 17.3. The van der Waals surface area contributed by atoms with E-state index in [-0.39, 0.29) is 23.6 Å². The number of piperidine rings is 1. The van der Waals surface area contributed by atoms with E-state index >= 15 is 0 Å². The lowest BCUT2D eigenvalue weighted by molar-refractivity contribution is -0.176. The van der Waals surface area contributed by atoms with Crippen molar-refractivity contribution in [2.75, 3.05) is 18.8 Å². The van der Waals surface area contributed by atoms with Gasteiger partial charge >= 0.3 is 0 Å². The highest BCUT2D eigenvalue weighted by atomic mass is 32.2. The predicted octanol–water partition coefficient (Wildman–Crippen LogP) is 2.39. The van der Waals surface area contributed by atoms with Crippen molar-refractivity contribution in [2.45, 2.75) is 68.5 Å². The summed E-state index contributed by atoms with van der Waals surface area (Å²) in [5, 5.41) is 22.4. The Labute approximate surface area is 171 Å². The fourth-order valence-electron chi connectivity index (χ4n) is 6.05. The van der Waals surface area contributed by atoms with E-state index in [0.717, 1.165) is 43.2 Å². The Hall–Kier alpha value is -1.08. The fourth-order valence-corrected chi connectivity index (χ4v) is 6.63. The smallest absolute Gasteiger partial charge is 0.151 e. The Kier molecular flexibility index (Phi) is 4.54. The van der Waals surface area contributed by atoms with Gasteiger partial charge < -0.3 is 10.2 Å². The zero-order chi connectivity index (χ0) is 19.5. The lowest BCUT2D eigenvalue weighted by Crippen LogP contribution is -2.75. The Bertz CT molecular complexity index is 798. The number of hydrogen-bond acceptors (Lipinski definition) is 6. The van der Waals surface area contributed by atoms with E-state index in [4.69, 9.17) is 0 Å². The second-order valence-electron chi connectivity index (χ2n) is 9.21. The summed E-state index contributed by atoms with van der Waals surface area (Å²) in [4.78, 5) is 15.6. The topological polar surface area (TPSA) is 72.8 Å². The Morgan fingerprint density at radius 1 is 1.36 bits per heavy atom. The van der Waals surface area contributed by atoms with E-state index in [0.29, 0.717) is 12.8 Å². The minimum absolute atomic E-state index is 0.0444. The molecular weight excluding hydrogens is 372 g/mol. The van der Waals surface area contributed by atoms with Gasteiger partial charge in [0.15, 0.2) is 5.78 Å². The maximum atomic E-state index is 13.1. The molecule has 1 aliphatic heterocycles. The van der Waals surface area contributed by atoms with Crippen LogP contribution in [0, 0.1) is 5.92 Å². The Morgan fingerprint density at radius 2 is 2.18 bits per heavy atom. The van der Waals surface area contributed by atoms with Crippen LogP contribution >= 0.6 is 11.9 Å². The number of aromatic hydroxyl groups is 1. The van der Waals surface area contributed by atoms with Crippen LogP contribution in [0.15, 0.2) is 18.2 Å². The molecule has 0 amide bonds. The standard InChI is InChI=1S/C22H30N2O3S/c1-2-28-23-18-11-22(27)20-9-15-5-6-16(25)10-17(15)21(22,12-19(18)26)7-8-24(20)13-14-3-4-14/h5-6,10,14,18,20,23,25,27H,2-4,7-9,11-13H2,1H3/t18?,20-,21-,22-/m1/s1. The monoisotopic (exact) mass is 402 g/mol. The molecule has 1 aromatic rings. The number of rotatable bonds is 5. The maximum Gasteiger partial charge on any atom is 0.151 e. The van der Waals surface area contributed by atoms with Crippen molar-refractivity contribution in [3.63, 3.8) is 0 Å². The van der Waals surface area contributed by atoms with Crippen LogP contribution in [0.3, 0.4) is 0 Å². The zero-order valence-electron chi connectivity index (χ0n) is 16.5. The predicted molar refractivity (Wildman–Crippen MR) is 110 cm³/mol. The highest BCUT2D eigenvalue weighted by Gasteiger charge is 2.66. The number of ketones is 1. The first-order valence-corrected chi connectivity index (χ1v) is 11.6. The molecule has 5 rings (SSSR count). The van der Waals surface area contributed by atoms with Crippen LogP contribution in [0.5, 0.6) is 5.75 Å². The number of benzene rings is 1. The number of fused-ring (bicyclic) bond motifs is 1. The molecule has 2 bridgehead atoms. The molecule has 3 fully saturated rings. The molecule has 3 aliphatic carbocycles. The fraction of sp³-hybridized carbons (Fsp3) is 0.682. The number of Topliss-reactive ketones (excluding diaryl/α,β-unsaturated/α-hetero) is 1. The number of carbonyl (C=O) groups is 1. The summed E-state index contributed by atoms with van der Waals surface area (Å²) in [6.07, 6.45) is 4.99. The third-order valence-electron chi connectivity index (χ3n) is 7.61. The molecule has 1 heterocycles. The molecule has 1 saturated heterocycles. The Balaban J connectivity index is 1.58. The van der Waals surface area contributed by atoms with Gasteiger partial charge in [-0.3, -0.25) is 14.4 Å². The van der Waals surface area contributed by atoms with Crippen molar-refractivity contribution in [3.05, 3.63) is 29.3 Å². The SMILES string of the molecule is CCSNC1C[C@@]2(O)[C@H]3Cc4ccc(O)cc4[C@@]2(CCN3CC2CC2)CC1=O. The van der Waals surface area contributed by atoms with Gasteiger partial charge in [0.1, 0.15) is 5.75 Å². The maximum absolute atomic E-state index is 13.1. The van der Waals surface area contributed by atoms with Crippen LogP contribution in [-0.4, -0.2) is 57.4 Å². The number of nitrogens with one attached hydrogen (secondary N) is 1. The van der Waals surface area contributed by atoms with Gasteiger partial charge in [0.2, 0.25) is 0 Å². The van der Waals surface area contributed by atoms with Gasteiger partial charge in [-0.15, -0.1) is 0 Å². The van der Waals surface area contributed by atoms with Gasteiger partial charge in [-0.05, 0) is 61.4 Å².